The molecular formula is C4H7ClN2S. The van der Waals surface area contributed by atoms with Gasteiger partial charge in [0.2, 0.25) is 0 Å². The van der Waals surface area contributed by atoms with Crippen molar-refractivity contribution in [3.63, 3.8) is 0 Å². The zero-order valence-electron chi connectivity index (χ0n) is 4.73. The standard InChI is InChI=1S/C4H7ClN2S/c1-3(5)7-8-4(2)6/h6H,1-2H3/b6-4?,7-3+. The molecule has 0 fully saturated rings. The highest BCUT2D eigenvalue weighted by Crippen LogP contribution is 2.04. The van der Waals surface area contributed by atoms with Crippen LogP contribution in [0.1, 0.15) is 13.8 Å². The van der Waals surface area contributed by atoms with E-state index in [1.54, 1.807) is 13.8 Å². The fourth-order valence-electron chi connectivity index (χ4n) is 0.131. The Morgan fingerprint density at radius 3 is 2.25 bits per heavy atom. The number of hydrogen-bond donors (Lipinski definition) is 1. The van der Waals surface area contributed by atoms with E-state index in [9.17, 15) is 0 Å². The second-order valence-corrected chi connectivity index (χ2v) is 2.76. The van der Waals surface area contributed by atoms with Crippen molar-refractivity contribution in [2.75, 3.05) is 0 Å². The van der Waals surface area contributed by atoms with Gasteiger partial charge in [0.1, 0.15) is 5.17 Å². The Hall–Kier alpha value is -0.0200. The molecular weight excluding hydrogens is 144 g/mol. The molecule has 0 saturated heterocycles. The molecule has 0 amide bonds. The van der Waals surface area contributed by atoms with Crippen LogP contribution in [0.5, 0.6) is 0 Å². The van der Waals surface area contributed by atoms with Crippen molar-refractivity contribution in [1.29, 1.82) is 5.41 Å². The first-order chi connectivity index (χ1) is 3.63. The van der Waals surface area contributed by atoms with Gasteiger partial charge in [-0.15, -0.1) is 0 Å². The molecule has 1 N–H and O–H groups in total. The van der Waals surface area contributed by atoms with Gasteiger partial charge in [-0.2, -0.15) is 0 Å². The Morgan fingerprint density at radius 2 is 2.12 bits per heavy atom. The van der Waals surface area contributed by atoms with E-state index in [4.69, 9.17) is 17.0 Å². The van der Waals surface area contributed by atoms with E-state index in [1.807, 2.05) is 0 Å². The average Bonchev–Trinajstić information content (AvgIpc) is 1.61. The van der Waals surface area contributed by atoms with Crippen molar-refractivity contribution in [3.05, 3.63) is 0 Å². The summed E-state index contributed by atoms with van der Waals surface area (Å²) in [5.74, 6) is 0. The third kappa shape index (κ3) is 5.98. The van der Waals surface area contributed by atoms with Crippen LogP contribution in [0.2, 0.25) is 0 Å². The first-order valence-corrected chi connectivity index (χ1v) is 3.20. The van der Waals surface area contributed by atoms with Crippen LogP contribution >= 0.6 is 23.5 Å². The minimum absolute atomic E-state index is 0.449. The Labute approximate surface area is 58.0 Å². The zero-order valence-corrected chi connectivity index (χ0v) is 6.31. The summed E-state index contributed by atoms with van der Waals surface area (Å²) in [6.45, 7) is 3.34. The van der Waals surface area contributed by atoms with Crippen LogP contribution in [0, 0.1) is 5.41 Å². The molecule has 0 aliphatic rings. The maximum absolute atomic E-state index is 6.88. The number of nitrogens with zero attached hydrogens (tertiary/aromatic N) is 1. The van der Waals surface area contributed by atoms with Gasteiger partial charge in [0, 0.05) is 11.9 Å². The predicted molar refractivity (Wildman–Crippen MR) is 40.0 cm³/mol. The number of hydrogen-bond acceptors (Lipinski definition) is 3. The van der Waals surface area contributed by atoms with Crippen molar-refractivity contribution in [3.8, 4) is 0 Å². The highest BCUT2D eigenvalue weighted by molar-refractivity contribution is 8.12. The van der Waals surface area contributed by atoms with E-state index in [0.717, 1.165) is 11.9 Å². The van der Waals surface area contributed by atoms with E-state index in [-0.39, 0.29) is 0 Å². The molecule has 0 heterocycles. The summed E-state index contributed by atoms with van der Waals surface area (Å²) in [6.07, 6.45) is 0. The average molecular weight is 151 g/mol. The van der Waals surface area contributed by atoms with E-state index in [1.165, 1.54) is 0 Å². The van der Waals surface area contributed by atoms with Crippen molar-refractivity contribution < 1.29 is 0 Å². The lowest BCUT2D eigenvalue weighted by atomic mass is 10.9. The summed E-state index contributed by atoms with van der Waals surface area (Å²) in [6, 6.07) is 0. The van der Waals surface area contributed by atoms with Gasteiger partial charge in [-0.1, -0.05) is 11.6 Å². The van der Waals surface area contributed by atoms with Crippen LogP contribution in [-0.4, -0.2) is 10.2 Å². The summed E-state index contributed by atoms with van der Waals surface area (Å²) in [5.41, 5.74) is 0. The molecule has 8 heavy (non-hydrogen) atoms. The second kappa shape index (κ2) is 3.92. The van der Waals surface area contributed by atoms with Gasteiger partial charge in [-0.25, -0.2) is 4.40 Å². The number of nitrogens with one attached hydrogen (secondary N) is 1. The lowest BCUT2D eigenvalue weighted by Gasteiger charge is -1.85. The van der Waals surface area contributed by atoms with E-state index in [0.29, 0.717) is 10.2 Å². The molecule has 0 aliphatic carbocycles. The Balaban J connectivity index is 3.45. The van der Waals surface area contributed by atoms with Crippen LogP contribution in [0.25, 0.3) is 0 Å². The summed E-state index contributed by atoms with van der Waals surface area (Å²) < 4.78 is 3.70. The molecule has 0 saturated carbocycles. The number of rotatable bonds is 1. The first kappa shape index (κ1) is 7.98. The van der Waals surface area contributed by atoms with Crippen LogP contribution in [0.3, 0.4) is 0 Å². The molecule has 0 aromatic rings. The molecule has 0 rings (SSSR count). The molecule has 4 heteroatoms. The molecule has 46 valence electrons. The van der Waals surface area contributed by atoms with Gasteiger partial charge < -0.3 is 0 Å². The van der Waals surface area contributed by atoms with Crippen LogP contribution in [0.15, 0.2) is 4.40 Å². The molecule has 0 unspecified atom stereocenters. The van der Waals surface area contributed by atoms with Crippen molar-refractivity contribution in [1.82, 2.24) is 0 Å². The van der Waals surface area contributed by atoms with Gasteiger partial charge in [0.15, 0.2) is 0 Å². The normalized spacial score (nSPS) is 11.6. The SMILES string of the molecule is CC(=N)S/N=C(\C)Cl. The largest absolute Gasteiger partial charge is 0.297 e. The lowest BCUT2D eigenvalue weighted by Crippen LogP contribution is -1.76. The third-order valence-corrected chi connectivity index (χ3v) is 1.13. The van der Waals surface area contributed by atoms with Crippen molar-refractivity contribution in [2.24, 2.45) is 4.40 Å². The quantitative estimate of drug-likeness (QED) is 0.348. The minimum atomic E-state index is 0.449. The molecule has 0 atom stereocenters. The molecule has 0 aromatic heterocycles. The van der Waals surface area contributed by atoms with Gasteiger partial charge in [-0.05, 0) is 13.8 Å². The third-order valence-electron chi connectivity index (χ3n) is 0.308. The van der Waals surface area contributed by atoms with Crippen molar-refractivity contribution in [2.45, 2.75) is 13.8 Å². The molecule has 2 nitrogen and oxygen atoms in total. The van der Waals surface area contributed by atoms with E-state index in [2.05, 4.69) is 4.40 Å². The lowest BCUT2D eigenvalue weighted by molar-refractivity contribution is 1.53. The first-order valence-electron chi connectivity index (χ1n) is 2.05. The maximum Gasteiger partial charge on any atom is 0.111 e. The Morgan fingerprint density at radius 1 is 1.62 bits per heavy atom. The maximum atomic E-state index is 6.88. The summed E-state index contributed by atoms with van der Waals surface area (Å²) >= 11 is 6.43. The number of halogens is 1. The molecule has 0 aromatic carbocycles. The Kier molecular flexibility index (Phi) is 3.91. The highest BCUT2D eigenvalue weighted by atomic mass is 35.5. The summed E-state index contributed by atoms with van der Waals surface area (Å²) in [5, 5.41) is 7.81. The van der Waals surface area contributed by atoms with Crippen LogP contribution in [0.4, 0.5) is 0 Å². The molecule has 0 bridgehead atoms. The van der Waals surface area contributed by atoms with E-state index < -0.39 is 0 Å². The molecule has 0 spiro atoms. The van der Waals surface area contributed by atoms with Gasteiger partial charge in [0.05, 0.1) is 5.04 Å². The van der Waals surface area contributed by atoms with Gasteiger partial charge >= 0.3 is 0 Å². The highest BCUT2D eigenvalue weighted by Gasteiger charge is 1.84. The molecule has 0 radical (unpaired) electrons. The second-order valence-electron chi connectivity index (χ2n) is 1.24. The smallest absolute Gasteiger partial charge is 0.111 e. The fraction of sp³-hybridized carbons (Fsp3) is 0.500. The van der Waals surface area contributed by atoms with Gasteiger partial charge in [0.25, 0.3) is 0 Å². The fourth-order valence-corrected chi connectivity index (χ4v) is 0.498. The zero-order chi connectivity index (χ0) is 6.57. The van der Waals surface area contributed by atoms with Crippen LogP contribution < -0.4 is 0 Å². The van der Waals surface area contributed by atoms with Crippen molar-refractivity contribution >= 4 is 33.8 Å². The Bertz CT molecular complexity index is 117. The van der Waals surface area contributed by atoms with Gasteiger partial charge in [-0.3, -0.25) is 5.41 Å². The predicted octanol–water partition coefficient (Wildman–Crippen LogP) is 2.29. The van der Waals surface area contributed by atoms with E-state index >= 15 is 0 Å². The monoisotopic (exact) mass is 150 g/mol. The minimum Gasteiger partial charge on any atom is -0.297 e. The topological polar surface area (TPSA) is 36.2 Å². The summed E-state index contributed by atoms with van der Waals surface area (Å²) in [7, 11) is 0. The molecule has 0 aliphatic heterocycles. The van der Waals surface area contributed by atoms with Crippen LogP contribution in [-0.2, 0) is 0 Å². The summed E-state index contributed by atoms with van der Waals surface area (Å²) in [4.78, 5) is 0.